The van der Waals surface area contributed by atoms with Gasteiger partial charge in [-0.05, 0) is 44.3 Å². The third-order valence-electron chi connectivity index (χ3n) is 6.61. The maximum absolute atomic E-state index is 10.3. The van der Waals surface area contributed by atoms with Gasteiger partial charge in [0.15, 0.2) is 0 Å². The van der Waals surface area contributed by atoms with Crippen molar-refractivity contribution in [3.05, 3.63) is 71.8 Å². The predicted octanol–water partition coefficient (Wildman–Crippen LogP) is 2.74. The van der Waals surface area contributed by atoms with Gasteiger partial charge in [-0.1, -0.05) is 24.3 Å². The number of fused-ring (bicyclic) bond motifs is 2. The molecule has 0 saturated carbocycles. The van der Waals surface area contributed by atoms with Gasteiger partial charge >= 0.3 is 0 Å². The molecule has 5 rings (SSSR count). The Morgan fingerprint density at radius 3 is 2.86 bits per heavy atom. The Labute approximate surface area is 214 Å². The summed E-state index contributed by atoms with van der Waals surface area (Å²) in [5, 5.41) is 33.6. The van der Waals surface area contributed by atoms with Gasteiger partial charge in [-0.25, -0.2) is 4.52 Å². The first-order chi connectivity index (χ1) is 18.1. The van der Waals surface area contributed by atoms with Crippen molar-refractivity contribution in [1.29, 1.82) is 5.26 Å². The van der Waals surface area contributed by atoms with Crippen molar-refractivity contribution in [3.63, 3.8) is 0 Å². The van der Waals surface area contributed by atoms with Crippen LogP contribution in [-0.4, -0.2) is 56.9 Å². The molecule has 4 heterocycles. The molecule has 1 fully saturated rings. The zero-order chi connectivity index (χ0) is 25.8. The first-order valence-electron chi connectivity index (χ1n) is 12.2. The van der Waals surface area contributed by atoms with Gasteiger partial charge in [0.05, 0.1) is 24.6 Å². The number of hydrogen-bond donors (Lipinski definition) is 3. The van der Waals surface area contributed by atoms with Crippen molar-refractivity contribution in [2.24, 2.45) is 15.9 Å². The average Bonchev–Trinajstić information content (AvgIpc) is 3.36. The molecule has 1 unspecified atom stereocenters. The van der Waals surface area contributed by atoms with E-state index in [4.69, 9.17) is 15.6 Å². The van der Waals surface area contributed by atoms with E-state index in [-0.39, 0.29) is 12.6 Å². The van der Waals surface area contributed by atoms with E-state index in [9.17, 15) is 10.4 Å². The minimum atomic E-state index is -0.734. The smallest absolute Gasteiger partial charge is 0.149 e. The van der Waals surface area contributed by atoms with Gasteiger partial charge in [0.2, 0.25) is 0 Å². The first-order valence-corrected chi connectivity index (χ1v) is 12.2. The molecule has 0 spiro atoms. The van der Waals surface area contributed by atoms with Crippen molar-refractivity contribution in [3.8, 4) is 11.8 Å². The molecule has 0 bridgehead atoms. The van der Waals surface area contributed by atoms with Gasteiger partial charge in [-0.15, -0.1) is 0 Å². The van der Waals surface area contributed by atoms with Crippen LogP contribution in [0.25, 0.3) is 16.3 Å². The molecule has 0 radical (unpaired) electrons. The van der Waals surface area contributed by atoms with Crippen LogP contribution in [0, 0.1) is 11.3 Å². The van der Waals surface area contributed by atoms with Crippen LogP contribution in [0.4, 0.5) is 0 Å². The number of hydrogen-bond acceptors (Lipinski definition) is 9. The molecule has 1 aliphatic heterocycles. The quantitative estimate of drug-likeness (QED) is 0.202. The predicted molar refractivity (Wildman–Crippen MR) is 142 cm³/mol. The Morgan fingerprint density at radius 2 is 2.11 bits per heavy atom. The van der Waals surface area contributed by atoms with Crippen LogP contribution in [0.3, 0.4) is 0 Å². The molecule has 3 aromatic heterocycles. The summed E-state index contributed by atoms with van der Waals surface area (Å²) in [7, 11) is 0. The van der Waals surface area contributed by atoms with Gasteiger partial charge in [-0.3, -0.25) is 9.98 Å². The number of aliphatic hydroxyl groups excluding tert-OH is 1. The fourth-order valence-corrected chi connectivity index (χ4v) is 4.78. The van der Waals surface area contributed by atoms with Crippen LogP contribution < -0.4 is 15.9 Å². The van der Waals surface area contributed by atoms with E-state index < -0.39 is 6.10 Å². The number of nitrogens with one attached hydrogen (secondary N) is 1. The maximum Gasteiger partial charge on any atom is 0.149 e. The molecule has 0 aliphatic carbocycles. The highest BCUT2D eigenvalue weighted by molar-refractivity contribution is 6.47. The van der Waals surface area contributed by atoms with Crippen molar-refractivity contribution < 1.29 is 9.84 Å². The monoisotopic (exact) mass is 496 g/mol. The van der Waals surface area contributed by atoms with E-state index in [0.29, 0.717) is 33.8 Å². The van der Waals surface area contributed by atoms with Crippen LogP contribution in [0.2, 0.25) is 0 Å². The van der Waals surface area contributed by atoms with Crippen LogP contribution in [0.5, 0.6) is 5.75 Å². The van der Waals surface area contributed by atoms with E-state index in [1.54, 1.807) is 29.2 Å². The van der Waals surface area contributed by atoms with Crippen LogP contribution >= 0.6 is 0 Å². The number of nitrogens with zero attached hydrogens (tertiary/aromatic N) is 6. The zero-order valence-corrected chi connectivity index (χ0v) is 20.5. The molecule has 0 amide bonds. The number of aliphatic hydroxyl groups is 1. The highest BCUT2D eigenvalue weighted by Crippen LogP contribution is 2.32. The lowest BCUT2D eigenvalue weighted by molar-refractivity contribution is 0.118. The minimum Gasteiger partial charge on any atom is -0.481 e. The Morgan fingerprint density at radius 1 is 1.30 bits per heavy atom. The average molecular weight is 497 g/mol. The first kappa shape index (κ1) is 24.4. The summed E-state index contributed by atoms with van der Waals surface area (Å²) >= 11 is 0. The molecular weight excluding hydrogens is 468 g/mol. The van der Waals surface area contributed by atoms with Gasteiger partial charge in [0, 0.05) is 35.1 Å². The third-order valence-corrected chi connectivity index (χ3v) is 6.61. The Kier molecular flexibility index (Phi) is 7.07. The van der Waals surface area contributed by atoms with Gasteiger partial charge < -0.3 is 21.0 Å². The van der Waals surface area contributed by atoms with Gasteiger partial charge in [0.25, 0.3) is 0 Å². The maximum atomic E-state index is 10.3. The molecule has 1 aromatic carbocycles. The number of piperidine rings is 1. The van der Waals surface area contributed by atoms with Gasteiger partial charge in [0.1, 0.15) is 34.7 Å². The molecule has 4 aromatic rings. The number of aliphatic imine (C=N–C) groups is 1. The number of aromatic nitrogens is 3. The summed E-state index contributed by atoms with van der Waals surface area (Å²) in [5.41, 5.74) is 3.43. The van der Waals surface area contributed by atoms with Crippen molar-refractivity contribution in [2.75, 3.05) is 19.7 Å². The second-order valence-electron chi connectivity index (χ2n) is 8.97. The molecule has 1 saturated heterocycles. The fraction of sp³-hybridized carbons (Fsp3) is 0.296. The van der Waals surface area contributed by atoms with E-state index in [1.165, 1.54) is 6.20 Å². The molecule has 1 atom stereocenters. The Hall–Kier alpha value is -4.33. The number of nitrogens with two attached hydrogens (primary N) is 1. The number of nitriles is 1. The minimum absolute atomic E-state index is 0.199. The number of hydrazone groups is 1. The van der Waals surface area contributed by atoms with Crippen molar-refractivity contribution in [2.45, 2.75) is 31.9 Å². The third kappa shape index (κ3) is 4.87. The standard InChI is InChI=1S/C27H28N8O2/c1-17(33-21-6-8-30-9-7-21)26(34-29)19-10-24(27-20(11-28)13-32-35(27)15-19)37-25(16-36)23-14-31-12-18-4-2-3-5-22(18)23/h2-5,10,12-15,21,25,30,36H,6-9,16,29H2,1H3/b33-17?,34-26+. The second-order valence-corrected chi connectivity index (χ2v) is 8.97. The van der Waals surface area contributed by atoms with Crippen LogP contribution in [-0.2, 0) is 0 Å². The largest absolute Gasteiger partial charge is 0.481 e. The van der Waals surface area contributed by atoms with Gasteiger partial charge in [-0.2, -0.15) is 15.5 Å². The number of ether oxygens (including phenoxy) is 1. The molecular formula is C27H28N8O2. The molecule has 188 valence electrons. The van der Waals surface area contributed by atoms with Crippen molar-refractivity contribution >= 4 is 27.7 Å². The highest BCUT2D eigenvalue weighted by atomic mass is 16.5. The number of pyridine rings is 2. The van der Waals surface area contributed by atoms with E-state index >= 15 is 0 Å². The topological polar surface area (TPSA) is 146 Å². The van der Waals surface area contributed by atoms with Crippen molar-refractivity contribution in [1.82, 2.24) is 19.9 Å². The number of rotatable bonds is 7. The molecule has 10 nitrogen and oxygen atoms in total. The van der Waals surface area contributed by atoms with E-state index in [0.717, 1.165) is 42.3 Å². The highest BCUT2D eigenvalue weighted by Gasteiger charge is 2.22. The lowest BCUT2D eigenvalue weighted by Gasteiger charge is -2.21. The molecule has 1 aliphatic rings. The molecule has 4 N–H and O–H groups in total. The summed E-state index contributed by atoms with van der Waals surface area (Å²) < 4.78 is 7.96. The lowest BCUT2D eigenvalue weighted by Crippen LogP contribution is -2.31. The van der Waals surface area contributed by atoms with Crippen LogP contribution in [0.15, 0.2) is 65.2 Å². The summed E-state index contributed by atoms with van der Waals surface area (Å²) in [6, 6.07) is 11.9. The second kappa shape index (κ2) is 10.7. The number of benzene rings is 1. The lowest BCUT2D eigenvalue weighted by atomic mass is 10.0. The normalized spacial score (nSPS) is 16.1. The Balaban J connectivity index is 1.58. The zero-order valence-electron chi connectivity index (χ0n) is 20.5. The van der Waals surface area contributed by atoms with E-state index in [2.05, 4.69) is 26.6 Å². The summed E-state index contributed by atoms with van der Waals surface area (Å²) in [4.78, 5) is 9.20. The molecule has 10 heteroatoms. The summed E-state index contributed by atoms with van der Waals surface area (Å²) in [5.74, 6) is 6.21. The summed E-state index contributed by atoms with van der Waals surface area (Å²) in [6.07, 6.45) is 7.86. The SMILES string of the molecule is CC(=NC1CCNCC1)/C(=N\N)c1cc(OC(CO)c2cncc3ccccc23)c2c(C#N)cnn2c1. The van der Waals surface area contributed by atoms with E-state index in [1.807, 2.05) is 31.2 Å². The summed E-state index contributed by atoms with van der Waals surface area (Å²) in [6.45, 7) is 3.45. The molecule has 37 heavy (non-hydrogen) atoms. The fourth-order valence-electron chi connectivity index (χ4n) is 4.78. The Bertz CT molecular complexity index is 1520. The van der Waals surface area contributed by atoms with Crippen LogP contribution in [0.1, 0.15) is 42.6 Å².